The molecule has 1 aliphatic rings. The molecule has 0 fully saturated rings. The van der Waals surface area contributed by atoms with Gasteiger partial charge in [0.25, 0.3) is 0 Å². The first kappa shape index (κ1) is 26.7. The normalized spacial score (nSPS) is 11.7. The Labute approximate surface area is 151 Å². The molecule has 0 saturated carbocycles. The molecule has 0 spiro atoms. The Kier molecular flexibility index (Phi) is 32.6. The van der Waals surface area contributed by atoms with Crippen molar-refractivity contribution in [3.05, 3.63) is 39.8 Å². The molecule has 0 aliphatic heterocycles. The first-order chi connectivity index (χ1) is 6.22. The van der Waals surface area contributed by atoms with Crippen LogP contribution in [-0.2, 0) is 26.2 Å². The molecule has 0 aromatic rings. The molecule has 0 atom stereocenters. The van der Waals surface area contributed by atoms with E-state index in [1.54, 1.807) is 3.52 Å². The van der Waals surface area contributed by atoms with Gasteiger partial charge in [-0.2, -0.15) is 6.08 Å². The van der Waals surface area contributed by atoms with E-state index in [1.165, 1.54) is 5.57 Å². The van der Waals surface area contributed by atoms with Crippen LogP contribution in [0.5, 0.6) is 0 Å². The van der Waals surface area contributed by atoms with Crippen molar-refractivity contribution in [1.82, 2.24) is 0 Å². The van der Waals surface area contributed by atoms with Crippen LogP contribution in [0.1, 0.15) is 27.2 Å². The molecule has 5 heteroatoms. The second-order valence-corrected chi connectivity index (χ2v) is 8.97. The molecule has 0 aromatic heterocycles. The zero-order valence-corrected chi connectivity index (χ0v) is 18.9. The van der Waals surface area contributed by atoms with Crippen LogP contribution < -0.4 is 0 Å². The van der Waals surface area contributed by atoms with Gasteiger partial charge in [0.15, 0.2) is 0 Å². The van der Waals surface area contributed by atoms with E-state index in [2.05, 4.69) is 39.3 Å². The number of hydrogen-bond acceptors (Lipinski definition) is 0. The van der Waals surface area contributed by atoms with Crippen molar-refractivity contribution >= 4 is 59.9 Å². The smallest absolute Gasteiger partial charge is 0.273 e. The van der Waals surface area contributed by atoms with Crippen LogP contribution in [0.3, 0.4) is 0 Å². The number of halogens is 2. The van der Waals surface area contributed by atoms with Crippen molar-refractivity contribution in [1.29, 1.82) is 0 Å². The predicted molar refractivity (Wildman–Crippen MR) is 75.9 cm³/mol. The van der Waals surface area contributed by atoms with Crippen molar-refractivity contribution in [2.75, 3.05) is 0 Å². The van der Waals surface area contributed by atoms with Crippen molar-refractivity contribution in [3.8, 4) is 0 Å². The van der Waals surface area contributed by atoms with Crippen LogP contribution in [0.25, 0.3) is 0 Å². The summed E-state index contributed by atoms with van der Waals surface area (Å²) in [5, 5.41) is 0. The Morgan fingerprint density at radius 1 is 1.38 bits per heavy atom. The van der Waals surface area contributed by atoms with E-state index in [9.17, 15) is 0 Å². The topological polar surface area (TPSA) is 0 Å². The van der Waals surface area contributed by atoms with Gasteiger partial charge in [-0.15, -0.1) is 31.2 Å². The monoisotopic (exact) mass is 551 g/mol. The minimum Gasteiger partial charge on any atom is -0.273 e. The maximum atomic E-state index is 2.99. The van der Waals surface area contributed by atoms with Gasteiger partial charge in [0, 0.05) is 0 Å². The summed E-state index contributed by atoms with van der Waals surface area (Å²) in [6.45, 7) is 6.56. The third-order valence-electron chi connectivity index (χ3n) is 1.74. The van der Waals surface area contributed by atoms with Gasteiger partial charge in [-0.25, -0.2) is 12.2 Å². The van der Waals surface area contributed by atoms with Gasteiger partial charge in [-0.3, -0.25) is 6.08 Å². The van der Waals surface area contributed by atoms with Crippen molar-refractivity contribution in [2.24, 2.45) is 0 Å². The largest absolute Gasteiger partial charge is 2.00 e. The summed E-state index contributed by atoms with van der Waals surface area (Å²) in [5.41, 5.74) is 1.50. The van der Waals surface area contributed by atoms with Crippen LogP contribution in [0.4, 0.5) is 0 Å². The summed E-state index contributed by atoms with van der Waals surface area (Å²) in [4.78, 5) is 0. The average molecular weight is 555 g/mol. The van der Waals surface area contributed by atoms with Crippen molar-refractivity contribution < 1.29 is 26.2 Å². The molecule has 16 heavy (non-hydrogen) atoms. The van der Waals surface area contributed by atoms with Gasteiger partial charge >= 0.3 is 97.6 Å². The molecule has 0 amide bonds. The summed E-state index contributed by atoms with van der Waals surface area (Å²) in [6.07, 6.45) is 12.2. The van der Waals surface area contributed by atoms with E-state index in [4.69, 9.17) is 0 Å². The first-order valence-corrected chi connectivity index (χ1v) is 14.3. The molecule has 1 radical (unpaired) electrons. The molecule has 0 N–H and O–H groups in total. The summed E-state index contributed by atoms with van der Waals surface area (Å²) in [6, 6.07) is 0. The Morgan fingerprint density at radius 3 is 2.06 bits per heavy atom. The van der Waals surface area contributed by atoms with Gasteiger partial charge in [0.1, 0.15) is 0 Å². The molecule has 1 aliphatic carbocycles. The Balaban J connectivity index is -0.0000000798. The molecule has 0 saturated heterocycles. The van der Waals surface area contributed by atoms with Gasteiger partial charge in [0.05, 0.1) is 0 Å². The van der Waals surface area contributed by atoms with Gasteiger partial charge in [-0.1, -0.05) is 0 Å². The van der Waals surface area contributed by atoms with E-state index in [1.807, 2.05) is 30.4 Å². The minimum atomic E-state index is 0. The predicted octanol–water partition coefficient (Wildman–Crippen LogP) is 3.44. The van der Waals surface area contributed by atoms with Gasteiger partial charge in [0.2, 0.25) is 0 Å². The molecule has 0 unspecified atom stereocenters. The zero-order valence-electron chi connectivity index (χ0n) is 9.73. The summed E-state index contributed by atoms with van der Waals surface area (Å²) >= 11 is 2.11. The van der Waals surface area contributed by atoms with E-state index < -0.39 is 0 Å². The molecule has 0 bridgehead atoms. The van der Waals surface area contributed by atoms with Crippen LogP contribution in [-0.4, -0.2) is 35.1 Å². The molecule has 89 valence electrons. The van der Waals surface area contributed by atoms with Crippen molar-refractivity contribution in [2.45, 2.75) is 27.2 Å². The van der Waals surface area contributed by atoms with Crippen LogP contribution in [0, 0.1) is 12.5 Å². The maximum absolute atomic E-state index is 2.99. The Bertz CT molecular complexity index is 238. The summed E-state index contributed by atoms with van der Waals surface area (Å²) < 4.78 is 1.67. The molecule has 0 aromatic carbocycles. The van der Waals surface area contributed by atoms with Gasteiger partial charge in [-0.05, 0) is 0 Å². The van der Waals surface area contributed by atoms with E-state index in [-0.39, 0.29) is 67.9 Å². The fraction of sp³-hybridized carbons (Fsp3) is 0.364. The Morgan fingerprint density at radius 2 is 1.94 bits per heavy atom. The van der Waals surface area contributed by atoms with Crippen LogP contribution >= 0.6 is 24.8 Å². The molecule has 0 heterocycles. The number of rotatable bonds is 2. The molecule has 1 rings (SSSR count). The zero-order chi connectivity index (χ0) is 10.1. The van der Waals surface area contributed by atoms with Crippen LogP contribution in [0.2, 0.25) is 0 Å². The second-order valence-electron chi connectivity index (χ2n) is 2.66. The number of hydrogen-bond donors (Lipinski definition) is 0. The molecular formula is C11H17Cl2Sb2Zr. The first-order valence-electron chi connectivity index (χ1n) is 4.26. The van der Waals surface area contributed by atoms with E-state index in [0.29, 0.717) is 0 Å². The third-order valence-corrected chi connectivity index (χ3v) is 9.35. The fourth-order valence-corrected chi connectivity index (χ4v) is 4.47. The summed E-state index contributed by atoms with van der Waals surface area (Å²) in [5.74, 6) is 0. The molecular weight excluding hydrogens is 538 g/mol. The average Bonchev–Trinajstić information content (AvgIpc) is 2.73. The van der Waals surface area contributed by atoms with E-state index in [0.717, 1.165) is 6.42 Å². The quantitative estimate of drug-likeness (QED) is 0.363. The standard InChI is InChI=1S/C6H10.C5H5.2ClH.2Sb.Zr/c1-4-6(3)5-2;1-2-4-5-3-1;;;;;/h4H,1-3H3;1-3H,4H2;2*1H;;;/q2*-1;;;;;+2. The number of allylic oxidation sites excluding steroid dienone is 6. The minimum absolute atomic E-state index is 0. The van der Waals surface area contributed by atoms with Gasteiger partial charge < -0.3 is 0 Å². The molecule has 0 nitrogen and oxygen atoms in total. The van der Waals surface area contributed by atoms with E-state index >= 15 is 0 Å². The fourth-order valence-electron chi connectivity index (χ4n) is 0.628. The van der Waals surface area contributed by atoms with Crippen LogP contribution in [0.15, 0.2) is 27.3 Å². The third kappa shape index (κ3) is 16.2. The Hall–Kier alpha value is 2.19. The summed E-state index contributed by atoms with van der Waals surface area (Å²) in [7, 11) is 0. The second kappa shape index (κ2) is 19.5. The van der Waals surface area contributed by atoms with Crippen molar-refractivity contribution in [3.63, 3.8) is 0 Å². The SMILES string of the molecule is C[CH-]C(C)=[C](C)[Sb]=[Sb].Cl.Cl.[C-]1=CC=CC1.[Zr+2]. The maximum Gasteiger partial charge on any atom is 2.00 e.